The van der Waals surface area contributed by atoms with E-state index in [1.54, 1.807) is 6.07 Å². The SMILES string of the molecule is Cc1ccc(O)c(CNC(C)c2cc(C)oc2C)c1. The van der Waals surface area contributed by atoms with Gasteiger partial charge in [0.25, 0.3) is 0 Å². The van der Waals surface area contributed by atoms with E-state index < -0.39 is 0 Å². The van der Waals surface area contributed by atoms with Crippen LogP contribution in [0.2, 0.25) is 0 Å². The first-order valence-corrected chi connectivity index (χ1v) is 6.56. The van der Waals surface area contributed by atoms with Crippen molar-refractivity contribution >= 4 is 0 Å². The topological polar surface area (TPSA) is 45.4 Å². The molecule has 2 aromatic rings. The van der Waals surface area contributed by atoms with Gasteiger partial charge in [-0.1, -0.05) is 17.7 Å². The summed E-state index contributed by atoms with van der Waals surface area (Å²) in [6, 6.07) is 7.90. The number of hydrogen-bond acceptors (Lipinski definition) is 3. The van der Waals surface area contributed by atoms with Crippen molar-refractivity contribution in [1.82, 2.24) is 5.32 Å². The Labute approximate surface area is 114 Å². The maximum absolute atomic E-state index is 9.82. The zero-order valence-electron chi connectivity index (χ0n) is 11.9. The van der Waals surface area contributed by atoms with Crippen LogP contribution in [0.5, 0.6) is 5.75 Å². The van der Waals surface area contributed by atoms with Crippen LogP contribution in [0.15, 0.2) is 28.7 Å². The minimum atomic E-state index is 0.192. The van der Waals surface area contributed by atoms with Crippen LogP contribution in [0.1, 0.15) is 41.2 Å². The molecule has 0 saturated carbocycles. The molecule has 1 aromatic heterocycles. The molecule has 2 N–H and O–H groups in total. The molecular weight excluding hydrogens is 238 g/mol. The molecule has 0 bridgehead atoms. The third kappa shape index (κ3) is 3.18. The van der Waals surface area contributed by atoms with E-state index in [1.807, 2.05) is 32.9 Å². The van der Waals surface area contributed by atoms with E-state index in [1.165, 1.54) is 5.56 Å². The predicted octanol–water partition coefficient (Wildman–Crippen LogP) is 3.76. The summed E-state index contributed by atoms with van der Waals surface area (Å²) < 4.78 is 5.54. The standard InChI is InChI=1S/C16H21NO2/c1-10-5-6-16(18)14(7-10)9-17-12(3)15-8-11(2)19-13(15)4/h5-8,12,17-18H,9H2,1-4H3. The number of rotatable bonds is 4. The van der Waals surface area contributed by atoms with E-state index in [0.717, 1.165) is 22.6 Å². The van der Waals surface area contributed by atoms with E-state index in [4.69, 9.17) is 4.42 Å². The van der Waals surface area contributed by atoms with Gasteiger partial charge in [0.15, 0.2) is 0 Å². The summed E-state index contributed by atoms with van der Waals surface area (Å²) in [5, 5.41) is 13.2. The second-order valence-corrected chi connectivity index (χ2v) is 5.10. The highest BCUT2D eigenvalue weighted by atomic mass is 16.3. The minimum absolute atomic E-state index is 0.192. The Morgan fingerprint density at radius 3 is 2.58 bits per heavy atom. The molecule has 1 unspecified atom stereocenters. The Bertz CT molecular complexity index is 572. The normalized spacial score (nSPS) is 12.6. The monoisotopic (exact) mass is 259 g/mol. The highest BCUT2D eigenvalue weighted by Gasteiger charge is 2.12. The van der Waals surface area contributed by atoms with Gasteiger partial charge in [-0.25, -0.2) is 0 Å². The van der Waals surface area contributed by atoms with Gasteiger partial charge in [-0.2, -0.15) is 0 Å². The Balaban J connectivity index is 2.06. The zero-order valence-corrected chi connectivity index (χ0v) is 11.9. The van der Waals surface area contributed by atoms with Crippen molar-refractivity contribution < 1.29 is 9.52 Å². The van der Waals surface area contributed by atoms with Gasteiger partial charge < -0.3 is 14.8 Å². The molecule has 1 heterocycles. The summed E-state index contributed by atoms with van der Waals surface area (Å²) in [4.78, 5) is 0. The zero-order chi connectivity index (χ0) is 14.0. The first-order valence-electron chi connectivity index (χ1n) is 6.56. The molecule has 0 aliphatic carbocycles. The number of phenolic OH excluding ortho intramolecular Hbond substituents is 1. The Kier molecular flexibility index (Phi) is 3.96. The van der Waals surface area contributed by atoms with E-state index in [9.17, 15) is 5.11 Å². The maximum Gasteiger partial charge on any atom is 0.120 e. The van der Waals surface area contributed by atoms with Gasteiger partial charge in [-0.05, 0) is 39.8 Å². The van der Waals surface area contributed by atoms with Gasteiger partial charge in [0.05, 0.1) is 0 Å². The Morgan fingerprint density at radius 1 is 1.21 bits per heavy atom. The lowest BCUT2D eigenvalue weighted by Crippen LogP contribution is -2.18. The fourth-order valence-electron chi connectivity index (χ4n) is 2.31. The van der Waals surface area contributed by atoms with E-state index in [0.29, 0.717) is 12.3 Å². The second-order valence-electron chi connectivity index (χ2n) is 5.10. The van der Waals surface area contributed by atoms with Crippen LogP contribution in [0.25, 0.3) is 0 Å². The van der Waals surface area contributed by atoms with Gasteiger partial charge in [0.2, 0.25) is 0 Å². The molecule has 102 valence electrons. The van der Waals surface area contributed by atoms with E-state index >= 15 is 0 Å². The van der Waals surface area contributed by atoms with Crippen LogP contribution in [0.4, 0.5) is 0 Å². The molecule has 19 heavy (non-hydrogen) atoms. The lowest BCUT2D eigenvalue weighted by molar-refractivity contribution is 0.458. The quantitative estimate of drug-likeness (QED) is 0.878. The van der Waals surface area contributed by atoms with Crippen LogP contribution in [0.3, 0.4) is 0 Å². The van der Waals surface area contributed by atoms with Crippen LogP contribution in [0, 0.1) is 20.8 Å². The van der Waals surface area contributed by atoms with E-state index in [-0.39, 0.29) is 6.04 Å². The summed E-state index contributed by atoms with van der Waals surface area (Å²) >= 11 is 0. The lowest BCUT2D eigenvalue weighted by Gasteiger charge is -2.14. The predicted molar refractivity (Wildman–Crippen MR) is 76.3 cm³/mol. The molecule has 1 atom stereocenters. The number of phenols is 1. The van der Waals surface area contributed by atoms with Crippen LogP contribution < -0.4 is 5.32 Å². The highest BCUT2D eigenvalue weighted by molar-refractivity contribution is 5.35. The van der Waals surface area contributed by atoms with Gasteiger partial charge >= 0.3 is 0 Å². The summed E-state index contributed by atoms with van der Waals surface area (Å²) in [5.41, 5.74) is 3.24. The van der Waals surface area contributed by atoms with Crippen molar-refractivity contribution in [3.05, 3.63) is 52.5 Å². The molecule has 0 fully saturated rings. The third-order valence-electron chi connectivity index (χ3n) is 3.38. The van der Waals surface area contributed by atoms with Crippen molar-refractivity contribution in [3.63, 3.8) is 0 Å². The molecule has 3 heteroatoms. The summed E-state index contributed by atoms with van der Waals surface area (Å²) in [7, 11) is 0. The minimum Gasteiger partial charge on any atom is -0.508 e. The molecule has 3 nitrogen and oxygen atoms in total. The summed E-state index contributed by atoms with van der Waals surface area (Å²) in [5.74, 6) is 2.22. The molecule has 1 aromatic carbocycles. The Morgan fingerprint density at radius 2 is 1.95 bits per heavy atom. The molecule has 0 radical (unpaired) electrons. The van der Waals surface area contributed by atoms with E-state index in [2.05, 4.69) is 18.3 Å². The Hall–Kier alpha value is -1.74. The number of furan rings is 1. The van der Waals surface area contributed by atoms with Gasteiger partial charge in [0, 0.05) is 23.7 Å². The molecular formula is C16H21NO2. The van der Waals surface area contributed by atoms with Crippen molar-refractivity contribution in [2.75, 3.05) is 0 Å². The summed E-state index contributed by atoms with van der Waals surface area (Å²) in [6.07, 6.45) is 0. The molecule has 0 amide bonds. The largest absolute Gasteiger partial charge is 0.508 e. The van der Waals surface area contributed by atoms with Crippen molar-refractivity contribution in [3.8, 4) is 5.75 Å². The van der Waals surface area contributed by atoms with Crippen LogP contribution in [-0.4, -0.2) is 5.11 Å². The smallest absolute Gasteiger partial charge is 0.120 e. The fourth-order valence-corrected chi connectivity index (χ4v) is 2.31. The number of aromatic hydroxyl groups is 1. The molecule has 0 saturated heterocycles. The fraction of sp³-hybridized carbons (Fsp3) is 0.375. The lowest BCUT2D eigenvalue weighted by atomic mass is 10.1. The first kappa shape index (κ1) is 13.7. The third-order valence-corrected chi connectivity index (χ3v) is 3.38. The molecule has 0 aliphatic rings. The molecule has 0 spiro atoms. The van der Waals surface area contributed by atoms with Crippen molar-refractivity contribution in [2.24, 2.45) is 0 Å². The average molecular weight is 259 g/mol. The van der Waals surface area contributed by atoms with Gasteiger partial charge in [-0.3, -0.25) is 0 Å². The van der Waals surface area contributed by atoms with Crippen LogP contribution >= 0.6 is 0 Å². The number of aryl methyl sites for hydroxylation is 3. The maximum atomic E-state index is 9.82. The highest BCUT2D eigenvalue weighted by Crippen LogP contribution is 2.23. The van der Waals surface area contributed by atoms with Crippen molar-refractivity contribution in [1.29, 1.82) is 0 Å². The molecule has 0 aliphatic heterocycles. The number of benzene rings is 1. The van der Waals surface area contributed by atoms with Crippen LogP contribution in [-0.2, 0) is 6.54 Å². The number of nitrogens with one attached hydrogen (secondary N) is 1. The van der Waals surface area contributed by atoms with Gasteiger partial charge in [-0.15, -0.1) is 0 Å². The number of hydrogen-bond donors (Lipinski definition) is 2. The first-order chi connectivity index (χ1) is 8.97. The van der Waals surface area contributed by atoms with Crippen molar-refractivity contribution in [2.45, 2.75) is 40.3 Å². The summed E-state index contributed by atoms with van der Waals surface area (Å²) in [6.45, 7) is 8.69. The molecule has 2 rings (SSSR count). The average Bonchev–Trinajstić information content (AvgIpc) is 2.69. The second kappa shape index (κ2) is 5.49. The van der Waals surface area contributed by atoms with Gasteiger partial charge in [0.1, 0.15) is 17.3 Å².